The maximum absolute atomic E-state index is 6.25. The molecule has 2 rings (SSSR count). The fraction of sp³-hybridized carbons (Fsp3) is 0.615. The average molecular weight is 219 g/mol. The molecule has 1 aliphatic rings. The Morgan fingerprint density at radius 3 is 2.94 bits per heavy atom. The van der Waals surface area contributed by atoms with Crippen LogP contribution < -0.4 is 5.73 Å². The van der Waals surface area contributed by atoms with Gasteiger partial charge in [-0.05, 0) is 44.5 Å². The molecule has 1 aromatic rings. The molecule has 16 heavy (non-hydrogen) atoms. The van der Waals surface area contributed by atoms with Crippen molar-refractivity contribution in [1.29, 1.82) is 0 Å². The van der Waals surface area contributed by atoms with Crippen LogP contribution in [0.3, 0.4) is 0 Å². The van der Waals surface area contributed by atoms with E-state index in [-0.39, 0.29) is 6.04 Å². The summed E-state index contributed by atoms with van der Waals surface area (Å²) in [7, 11) is 0. The van der Waals surface area contributed by atoms with E-state index in [0.29, 0.717) is 6.04 Å². The van der Waals surface area contributed by atoms with Gasteiger partial charge in [-0.25, -0.2) is 0 Å². The van der Waals surface area contributed by atoms with Gasteiger partial charge in [-0.3, -0.25) is 9.88 Å². The van der Waals surface area contributed by atoms with Crippen molar-refractivity contribution in [2.24, 2.45) is 5.73 Å². The van der Waals surface area contributed by atoms with Crippen molar-refractivity contribution in [3.05, 3.63) is 29.6 Å². The van der Waals surface area contributed by atoms with Crippen LogP contribution in [0.25, 0.3) is 0 Å². The predicted molar refractivity (Wildman–Crippen MR) is 66.2 cm³/mol. The maximum Gasteiger partial charge on any atom is 0.0514 e. The van der Waals surface area contributed by atoms with Gasteiger partial charge in [0.15, 0.2) is 0 Å². The van der Waals surface area contributed by atoms with Crippen LogP contribution in [0.15, 0.2) is 18.3 Å². The zero-order chi connectivity index (χ0) is 11.5. The highest BCUT2D eigenvalue weighted by Gasteiger charge is 2.29. The van der Waals surface area contributed by atoms with Crippen LogP contribution >= 0.6 is 0 Å². The highest BCUT2D eigenvalue weighted by Crippen LogP contribution is 2.29. The van der Waals surface area contributed by atoms with Crippen molar-refractivity contribution in [2.75, 3.05) is 13.1 Å². The summed E-state index contributed by atoms with van der Waals surface area (Å²) in [5.41, 5.74) is 8.58. The zero-order valence-corrected chi connectivity index (χ0v) is 10.2. The molecule has 88 valence electrons. The van der Waals surface area contributed by atoms with Gasteiger partial charge in [0.05, 0.1) is 6.04 Å². The third-order valence-electron chi connectivity index (χ3n) is 3.46. The minimum Gasteiger partial charge on any atom is -0.326 e. The Morgan fingerprint density at radius 2 is 2.31 bits per heavy atom. The summed E-state index contributed by atoms with van der Waals surface area (Å²) in [5, 5.41) is 0. The second-order valence-electron chi connectivity index (χ2n) is 4.61. The van der Waals surface area contributed by atoms with Crippen molar-refractivity contribution < 1.29 is 0 Å². The normalized spacial score (nSPS) is 26.9. The number of nitrogens with zero attached hydrogens (tertiary/aromatic N) is 2. The molecule has 1 aromatic heterocycles. The molecule has 3 heteroatoms. The summed E-state index contributed by atoms with van der Waals surface area (Å²) < 4.78 is 0. The number of rotatable bonds is 2. The molecule has 0 amide bonds. The molecule has 3 nitrogen and oxygen atoms in total. The van der Waals surface area contributed by atoms with Crippen LogP contribution in [0.5, 0.6) is 0 Å². The second kappa shape index (κ2) is 4.93. The molecule has 0 bridgehead atoms. The Bertz CT molecular complexity index is 334. The van der Waals surface area contributed by atoms with Crippen LogP contribution in [0.1, 0.15) is 37.1 Å². The lowest BCUT2D eigenvalue weighted by Crippen LogP contribution is -2.45. The minimum atomic E-state index is 0.248. The van der Waals surface area contributed by atoms with E-state index in [1.165, 1.54) is 12.0 Å². The van der Waals surface area contributed by atoms with E-state index in [2.05, 4.69) is 28.9 Å². The Labute approximate surface area is 97.7 Å². The number of aryl methyl sites for hydroxylation is 1. The summed E-state index contributed by atoms with van der Waals surface area (Å²) >= 11 is 0. The smallest absolute Gasteiger partial charge is 0.0514 e. The predicted octanol–water partition coefficient (Wildman–Crippen LogP) is 1.87. The lowest BCUT2D eigenvalue weighted by molar-refractivity contribution is 0.135. The lowest BCUT2D eigenvalue weighted by atomic mass is 9.92. The SMILES string of the molecule is CCN1CCCC(N)C1c1ccc(C)nc1. The lowest BCUT2D eigenvalue weighted by Gasteiger charge is -2.39. The first-order valence-corrected chi connectivity index (χ1v) is 6.14. The van der Waals surface area contributed by atoms with Gasteiger partial charge >= 0.3 is 0 Å². The van der Waals surface area contributed by atoms with E-state index < -0.39 is 0 Å². The Hall–Kier alpha value is -0.930. The number of likely N-dealkylation sites (tertiary alicyclic amines) is 1. The second-order valence-corrected chi connectivity index (χ2v) is 4.61. The molecule has 0 aliphatic carbocycles. The Kier molecular flexibility index (Phi) is 3.56. The van der Waals surface area contributed by atoms with Crippen LogP contribution in [0.4, 0.5) is 0 Å². The third kappa shape index (κ3) is 2.25. The quantitative estimate of drug-likeness (QED) is 0.825. The van der Waals surface area contributed by atoms with E-state index >= 15 is 0 Å². The fourth-order valence-corrected chi connectivity index (χ4v) is 2.56. The molecule has 1 saturated heterocycles. The first kappa shape index (κ1) is 11.6. The molecule has 2 atom stereocenters. The number of piperidine rings is 1. The third-order valence-corrected chi connectivity index (χ3v) is 3.46. The van der Waals surface area contributed by atoms with Crippen LogP contribution in [-0.4, -0.2) is 29.0 Å². The number of hydrogen-bond acceptors (Lipinski definition) is 3. The molecule has 2 unspecified atom stereocenters. The zero-order valence-electron chi connectivity index (χ0n) is 10.2. The monoisotopic (exact) mass is 219 g/mol. The molecular formula is C13H21N3. The Balaban J connectivity index is 2.24. The van der Waals surface area contributed by atoms with Gasteiger partial charge < -0.3 is 5.73 Å². The van der Waals surface area contributed by atoms with Gasteiger partial charge in [0.25, 0.3) is 0 Å². The highest BCUT2D eigenvalue weighted by atomic mass is 15.2. The number of likely N-dealkylation sites (N-methyl/N-ethyl adjacent to an activating group) is 1. The number of hydrogen-bond donors (Lipinski definition) is 1. The molecular weight excluding hydrogens is 198 g/mol. The molecule has 2 heterocycles. The molecule has 0 spiro atoms. The van der Waals surface area contributed by atoms with Gasteiger partial charge in [0, 0.05) is 17.9 Å². The van der Waals surface area contributed by atoms with E-state index in [4.69, 9.17) is 5.73 Å². The maximum atomic E-state index is 6.25. The molecule has 1 fully saturated rings. The number of nitrogens with two attached hydrogens (primary N) is 1. The van der Waals surface area contributed by atoms with Crippen molar-refractivity contribution in [3.8, 4) is 0 Å². The minimum absolute atomic E-state index is 0.248. The standard InChI is InChI=1S/C13H21N3/c1-3-16-8-4-5-12(14)13(16)11-7-6-10(2)15-9-11/h6-7,9,12-13H,3-5,8,14H2,1-2H3. The van der Waals surface area contributed by atoms with E-state index in [0.717, 1.165) is 25.2 Å². The summed E-state index contributed by atoms with van der Waals surface area (Å²) in [4.78, 5) is 6.83. The van der Waals surface area contributed by atoms with Crippen LogP contribution in [0, 0.1) is 6.92 Å². The summed E-state index contributed by atoms with van der Waals surface area (Å²) in [5.74, 6) is 0. The number of aromatic nitrogens is 1. The van der Waals surface area contributed by atoms with Crippen molar-refractivity contribution in [3.63, 3.8) is 0 Å². The molecule has 0 aromatic carbocycles. The van der Waals surface area contributed by atoms with Crippen molar-refractivity contribution >= 4 is 0 Å². The van der Waals surface area contributed by atoms with Crippen molar-refractivity contribution in [2.45, 2.75) is 38.8 Å². The fourth-order valence-electron chi connectivity index (χ4n) is 2.56. The van der Waals surface area contributed by atoms with Crippen LogP contribution in [-0.2, 0) is 0 Å². The first-order chi connectivity index (χ1) is 7.72. The van der Waals surface area contributed by atoms with Gasteiger partial charge in [0.2, 0.25) is 0 Å². The number of pyridine rings is 1. The molecule has 2 N–H and O–H groups in total. The van der Waals surface area contributed by atoms with Gasteiger partial charge in [-0.15, -0.1) is 0 Å². The highest BCUT2D eigenvalue weighted by molar-refractivity contribution is 5.19. The van der Waals surface area contributed by atoms with Crippen LogP contribution in [0.2, 0.25) is 0 Å². The molecule has 0 saturated carbocycles. The summed E-state index contributed by atoms with van der Waals surface area (Å²) in [6.45, 7) is 6.43. The topological polar surface area (TPSA) is 42.1 Å². The van der Waals surface area contributed by atoms with Gasteiger partial charge in [-0.2, -0.15) is 0 Å². The van der Waals surface area contributed by atoms with E-state index in [1.807, 2.05) is 13.1 Å². The molecule has 1 aliphatic heterocycles. The Morgan fingerprint density at radius 1 is 1.50 bits per heavy atom. The van der Waals surface area contributed by atoms with E-state index in [9.17, 15) is 0 Å². The average Bonchev–Trinajstić information content (AvgIpc) is 2.30. The molecule has 0 radical (unpaired) electrons. The first-order valence-electron chi connectivity index (χ1n) is 6.14. The summed E-state index contributed by atoms with van der Waals surface area (Å²) in [6, 6.07) is 4.84. The summed E-state index contributed by atoms with van der Waals surface area (Å²) in [6.07, 6.45) is 4.31. The largest absolute Gasteiger partial charge is 0.326 e. The van der Waals surface area contributed by atoms with Gasteiger partial charge in [-0.1, -0.05) is 13.0 Å². The van der Waals surface area contributed by atoms with Gasteiger partial charge in [0.1, 0.15) is 0 Å². The van der Waals surface area contributed by atoms with Crippen molar-refractivity contribution in [1.82, 2.24) is 9.88 Å². The van der Waals surface area contributed by atoms with E-state index in [1.54, 1.807) is 0 Å².